The van der Waals surface area contributed by atoms with E-state index in [1.165, 1.54) is 19.3 Å². The maximum absolute atomic E-state index is 6.17. The van der Waals surface area contributed by atoms with Crippen LogP contribution in [-0.2, 0) is 6.42 Å². The lowest BCUT2D eigenvalue weighted by atomic mass is 9.82. The Morgan fingerprint density at radius 3 is 2.56 bits per heavy atom. The minimum absolute atomic E-state index is 0.461. The van der Waals surface area contributed by atoms with Crippen LogP contribution in [0.1, 0.15) is 45.6 Å². The second kappa shape index (κ2) is 5.43. The third-order valence-corrected chi connectivity index (χ3v) is 4.79. The molecule has 1 aliphatic rings. The van der Waals surface area contributed by atoms with Gasteiger partial charge in [0.1, 0.15) is 17.3 Å². The predicted molar refractivity (Wildman–Crippen MR) is 76.3 cm³/mol. The topological polar surface area (TPSA) is 29.0 Å². The summed E-state index contributed by atoms with van der Waals surface area (Å²) in [5.41, 5.74) is 1.55. The van der Waals surface area contributed by atoms with E-state index in [9.17, 15) is 0 Å². The second-order valence-electron chi connectivity index (χ2n) is 5.20. The van der Waals surface area contributed by atoms with Crippen LogP contribution in [0.3, 0.4) is 0 Å². The van der Waals surface area contributed by atoms with Gasteiger partial charge in [-0.15, -0.1) is 0 Å². The fourth-order valence-electron chi connectivity index (χ4n) is 2.90. The van der Waals surface area contributed by atoms with Crippen LogP contribution in [0.5, 0.6) is 0 Å². The molecule has 0 N–H and O–H groups in total. The van der Waals surface area contributed by atoms with Crippen LogP contribution in [0.2, 0.25) is 5.15 Å². The number of aromatic nitrogens is 2. The molecule has 4 heteroatoms. The molecule has 1 fully saturated rings. The highest BCUT2D eigenvalue weighted by Crippen LogP contribution is 2.39. The summed E-state index contributed by atoms with van der Waals surface area (Å²) in [6.07, 6.45) is 6.19. The average Bonchev–Trinajstić information content (AvgIpc) is 2.83. The number of hydrogen-bond acceptors (Lipinski definition) is 3. The molecular formula is C14H22ClN3. The summed E-state index contributed by atoms with van der Waals surface area (Å²) in [7, 11) is 0. The van der Waals surface area contributed by atoms with E-state index >= 15 is 0 Å². The third kappa shape index (κ3) is 2.33. The molecule has 1 aromatic heterocycles. The van der Waals surface area contributed by atoms with Crippen LogP contribution < -0.4 is 4.90 Å². The van der Waals surface area contributed by atoms with Crippen molar-refractivity contribution in [3.63, 3.8) is 0 Å². The van der Waals surface area contributed by atoms with Crippen LogP contribution in [0.15, 0.2) is 6.33 Å². The average molecular weight is 268 g/mol. The Morgan fingerprint density at radius 2 is 2.00 bits per heavy atom. The van der Waals surface area contributed by atoms with E-state index in [-0.39, 0.29) is 0 Å². The van der Waals surface area contributed by atoms with Crippen molar-refractivity contribution in [1.29, 1.82) is 0 Å². The van der Waals surface area contributed by atoms with E-state index < -0.39 is 0 Å². The third-order valence-electron chi connectivity index (χ3n) is 4.46. The van der Waals surface area contributed by atoms with Crippen LogP contribution in [0.25, 0.3) is 0 Å². The van der Waals surface area contributed by atoms with Gasteiger partial charge in [-0.3, -0.25) is 0 Å². The minimum atomic E-state index is 0.461. The van der Waals surface area contributed by atoms with Crippen molar-refractivity contribution in [2.24, 2.45) is 5.41 Å². The number of rotatable bonds is 4. The molecule has 0 aromatic carbocycles. The summed E-state index contributed by atoms with van der Waals surface area (Å²) in [5.74, 6) is 1.04. The lowest BCUT2D eigenvalue weighted by molar-refractivity contribution is 0.301. The largest absolute Gasteiger partial charge is 0.356 e. The molecule has 0 atom stereocenters. The summed E-state index contributed by atoms with van der Waals surface area (Å²) >= 11 is 6.17. The maximum Gasteiger partial charge on any atom is 0.137 e. The number of anilines is 1. The summed E-state index contributed by atoms with van der Waals surface area (Å²) in [5, 5.41) is 0.605. The van der Waals surface area contributed by atoms with Crippen molar-refractivity contribution in [2.45, 2.75) is 46.5 Å². The van der Waals surface area contributed by atoms with Gasteiger partial charge in [-0.2, -0.15) is 0 Å². The van der Waals surface area contributed by atoms with Crippen molar-refractivity contribution in [1.82, 2.24) is 9.97 Å². The molecule has 1 aromatic rings. The van der Waals surface area contributed by atoms with Gasteiger partial charge in [-0.05, 0) is 31.1 Å². The molecule has 2 rings (SSSR count). The first-order valence-electron chi connectivity index (χ1n) is 6.90. The Hall–Kier alpha value is -0.830. The first-order chi connectivity index (χ1) is 8.65. The smallest absolute Gasteiger partial charge is 0.137 e. The van der Waals surface area contributed by atoms with Gasteiger partial charge in [0.25, 0.3) is 0 Å². The summed E-state index contributed by atoms with van der Waals surface area (Å²) < 4.78 is 0. The van der Waals surface area contributed by atoms with Crippen molar-refractivity contribution >= 4 is 17.4 Å². The van der Waals surface area contributed by atoms with Crippen LogP contribution >= 0.6 is 11.6 Å². The van der Waals surface area contributed by atoms with E-state index in [0.29, 0.717) is 10.6 Å². The van der Waals surface area contributed by atoms with Crippen molar-refractivity contribution < 1.29 is 0 Å². The van der Waals surface area contributed by atoms with E-state index in [4.69, 9.17) is 11.6 Å². The quantitative estimate of drug-likeness (QED) is 0.779. The molecule has 3 nitrogen and oxygen atoms in total. The molecule has 0 spiro atoms. The van der Waals surface area contributed by atoms with Gasteiger partial charge in [-0.25, -0.2) is 9.97 Å². The van der Waals surface area contributed by atoms with Gasteiger partial charge in [0.15, 0.2) is 0 Å². The van der Waals surface area contributed by atoms with Crippen molar-refractivity contribution in [3.8, 4) is 0 Å². The molecule has 1 saturated heterocycles. The molecule has 0 bridgehead atoms. The Bertz CT molecular complexity index is 416. The highest BCUT2D eigenvalue weighted by atomic mass is 35.5. The van der Waals surface area contributed by atoms with Gasteiger partial charge in [-0.1, -0.05) is 32.4 Å². The van der Waals surface area contributed by atoms with E-state index in [1.54, 1.807) is 6.33 Å². The normalized spacial score (nSPS) is 18.3. The summed E-state index contributed by atoms with van der Waals surface area (Å²) in [4.78, 5) is 10.9. The molecule has 0 amide bonds. The molecule has 2 heterocycles. The molecule has 1 aliphatic heterocycles. The lowest BCUT2D eigenvalue weighted by Crippen LogP contribution is -2.27. The zero-order valence-corrected chi connectivity index (χ0v) is 12.3. The summed E-state index contributed by atoms with van der Waals surface area (Å²) in [6.45, 7) is 8.88. The van der Waals surface area contributed by atoms with Gasteiger partial charge < -0.3 is 4.90 Å². The predicted octanol–water partition coefficient (Wildman–Crippen LogP) is 3.71. The fourth-order valence-corrected chi connectivity index (χ4v) is 3.16. The Balaban J connectivity index is 2.27. The maximum atomic E-state index is 6.17. The molecule has 0 saturated carbocycles. The van der Waals surface area contributed by atoms with Crippen LogP contribution in [0, 0.1) is 5.41 Å². The first kappa shape index (κ1) is 13.6. The molecule has 0 unspecified atom stereocenters. The van der Waals surface area contributed by atoms with Gasteiger partial charge in [0, 0.05) is 18.7 Å². The number of hydrogen-bond donors (Lipinski definition) is 0. The minimum Gasteiger partial charge on any atom is -0.356 e. The Morgan fingerprint density at radius 1 is 1.28 bits per heavy atom. The van der Waals surface area contributed by atoms with Gasteiger partial charge >= 0.3 is 0 Å². The van der Waals surface area contributed by atoms with E-state index in [2.05, 4.69) is 35.6 Å². The lowest BCUT2D eigenvalue weighted by Gasteiger charge is -2.27. The molecule has 0 aliphatic carbocycles. The Labute approximate surface area is 115 Å². The monoisotopic (exact) mass is 267 g/mol. The van der Waals surface area contributed by atoms with Gasteiger partial charge in [0.2, 0.25) is 0 Å². The van der Waals surface area contributed by atoms with Crippen molar-refractivity contribution in [2.75, 3.05) is 18.0 Å². The second-order valence-corrected chi connectivity index (χ2v) is 5.56. The van der Waals surface area contributed by atoms with Crippen LogP contribution in [0.4, 0.5) is 5.82 Å². The number of nitrogens with zero attached hydrogens (tertiary/aromatic N) is 3. The zero-order chi connectivity index (χ0) is 13.2. The highest BCUT2D eigenvalue weighted by molar-refractivity contribution is 6.30. The standard InChI is InChI=1S/C14H22ClN3/c1-4-11-12(15)16-10-17-13(11)18-8-7-14(5-2,6-3)9-18/h10H,4-9H2,1-3H3. The molecule has 100 valence electrons. The van der Waals surface area contributed by atoms with Gasteiger partial charge in [0.05, 0.1) is 0 Å². The molecule has 18 heavy (non-hydrogen) atoms. The fraction of sp³-hybridized carbons (Fsp3) is 0.714. The summed E-state index contributed by atoms with van der Waals surface area (Å²) in [6, 6.07) is 0. The van der Waals surface area contributed by atoms with E-state index in [1.807, 2.05) is 0 Å². The highest BCUT2D eigenvalue weighted by Gasteiger charge is 2.36. The Kier molecular flexibility index (Phi) is 4.10. The SMILES string of the molecule is CCc1c(Cl)ncnc1N1CCC(CC)(CC)C1. The van der Waals surface area contributed by atoms with Crippen LogP contribution in [-0.4, -0.2) is 23.1 Å². The zero-order valence-electron chi connectivity index (χ0n) is 11.5. The van der Waals surface area contributed by atoms with Crippen molar-refractivity contribution in [3.05, 3.63) is 17.0 Å². The first-order valence-corrected chi connectivity index (χ1v) is 7.28. The van der Waals surface area contributed by atoms with E-state index in [0.717, 1.165) is 30.9 Å². The molecular weight excluding hydrogens is 246 g/mol. The molecule has 0 radical (unpaired) electrons. The number of halogens is 1.